The van der Waals surface area contributed by atoms with Crippen LogP contribution in [0.1, 0.15) is 39.0 Å². The van der Waals surface area contributed by atoms with E-state index < -0.39 is 11.5 Å². The molecule has 0 radical (unpaired) electrons. The largest absolute Gasteiger partial charge is 0.480 e. The van der Waals surface area contributed by atoms with Gasteiger partial charge in [0.15, 0.2) is 0 Å². The molecule has 0 aliphatic heterocycles. The summed E-state index contributed by atoms with van der Waals surface area (Å²) >= 11 is 0. The summed E-state index contributed by atoms with van der Waals surface area (Å²) in [4.78, 5) is 24.4. The number of carboxylic acids is 1. The first-order chi connectivity index (χ1) is 7.91. The highest BCUT2D eigenvalue weighted by molar-refractivity contribution is 5.86. The molecule has 5 heteroatoms. The minimum Gasteiger partial charge on any atom is -0.480 e. The summed E-state index contributed by atoms with van der Waals surface area (Å²) in [7, 11) is 3.23. The Balaban J connectivity index is 2.72. The zero-order valence-electron chi connectivity index (χ0n) is 10.8. The van der Waals surface area contributed by atoms with Crippen LogP contribution < -0.4 is 5.32 Å². The first-order valence-corrected chi connectivity index (χ1v) is 6.14. The van der Waals surface area contributed by atoms with Crippen LogP contribution in [-0.4, -0.2) is 41.6 Å². The smallest absolute Gasteiger partial charge is 0.329 e. The van der Waals surface area contributed by atoms with E-state index in [0.29, 0.717) is 18.8 Å². The highest BCUT2D eigenvalue weighted by Gasteiger charge is 2.43. The van der Waals surface area contributed by atoms with Crippen molar-refractivity contribution in [2.75, 3.05) is 14.1 Å². The van der Waals surface area contributed by atoms with Gasteiger partial charge in [0, 0.05) is 14.1 Å². The monoisotopic (exact) mass is 242 g/mol. The van der Waals surface area contributed by atoms with Gasteiger partial charge in [-0.15, -0.1) is 0 Å². The third kappa shape index (κ3) is 3.11. The normalized spacial score (nSPS) is 28.5. The number of hydrogen-bond donors (Lipinski definition) is 2. The third-order valence-electron chi connectivity index (χ3n) is 3.70. The number of carbonyl (C=O) groups excluding carboxylic acids is 1. The van der Waals surface area contributed by atoms with Gasteiger partial charge in [0.2, 0.25) is 0 Å². The van der Waals surface area contributed by atoms with E-state index in [1.165, 1.54) is 4.90 Å². The fourth-order valence-corrected chi connectivity index (χ4v) is 2.29. The standard InChI is InChI=1S/C12H22N2O3/c1-4-9-5-7-12(8-6-9,10(15)16)13-11(17)14(2)3/h9H,4-8H2,1-3H3,(H,13,17)(H,15,16). The summed E-state index contributed by atoms with van der Waals surface area (Å²) < 4.78 is 0. The zero-order valence-corrected chi connectivity index (χ0v) is 10.8. The average molecular weight is 242 g/mol. The Morgan fingerprint density at radius 1 is 1.35 bits per heavy atom. The molecule has 5 nitrogen and oxygen atoms in total. The molecule has 1 rings (SSSR count). The van der Waals surface area contributed by atoms with Gasteiger partial charge in [-0.25, -0.2) is 9.59 Å². The Kier molecular flexibility index (Phi) is 4.37. The molecule has 0 bridgehead atoms. The number of carboxylic acid groups (broad SMARTS) is 1. The molecule has 1 aliphatic rings. The molecule has 0 saturated heterocycles. The lowest BCUT2D eigenvalue weighted by atomic mass is 9.75. The predicted molar refractivity (Wildman–Crippen MR) is 64.8 cm³/mol. The predicted octanol–water partition coefficient (Wildman–Crippen LogP) is 1.68. The van der Waals surface area contributed by atoms with E-state index in [1.807, 2.05) is 0 Å². The van der Waals surface area contributed by atoms with E-state index in [-0.39, 0.29) is 6.03 Å². The van der Waals surface area contributed by atoms with Gasteiger partial charge in [-0.1, -0.05) is 13.3 Å². The van der Waals surface area contributed by atoms with Crippen molar-refractivity contribution in [1.29, 1.82) is 0 Å². The highest BCUT2D eigenvalue weighted by atomic mass is 16.4. The molecule has 98 valence electrons. The van der Waals surface area contributed by atoms with E-state index in [2.05, 4.69) is 12.2 Å². The Hall–Kier alpha value is -1.26. The fraction of sp³-hybridized carbons (Fsp3) is 0.833. The lowest BCUT2D eigenvalue weighted by Gasteiger charge is -2.37. The lowest BCUT2D eigenvalue weighted by molar-refractivity contribution is -0.146. The summed E-state index contributed by atoms with van der Waals surface area (Å²) in [5.41, 5.74) is -1.06. The first kappa shape index (κ1) is 13.8. The van der Waals surface area contributed by atoms with Crippen LogP contribution in [0.4, 0.5) is 4.79 Å². The number of urea groups is 1. The van der Waals surface area contributed by atoms with Crippen LogP contribution in [0.2, 0.25) is 0 Å². The summed E-state index contributed by atoms with van der Waals surface area (Å²) in [5.74, 6) is -0.319. The molecule has 1 aliphatic carbocycles. The molecule has 0 heterocycles. The van der Waals surface area contributed by atoms with Crippen molar-refractivity contribution in [2.45, 2.75) is 44.6 Å². The maximum absolute atomic E-state index is 11.6. The van der Waals surface area contributed by atoms with E-state index in [0.717, 1.165) is 19.3 Å². The van der Waals surface area contributed by atoms with Crippen molar-refractivity contribution in [3.8, 4) is 0 Å². The van der Waals surface area contributed by atoms with E-state index >= 15 is 0 Å². The third-order valence-corrected chi connectivity index (χ3v) is 3.70. The zero-order chi connectivity index (χ0) is 13.1. The average Bonchev–Trinajstić information content (AvgIpc) is 2.29. The fourth-order valence-electron chi connectivity index (χ4n) is 2.29. The molecule has 0 aromatic carbocycles. The molecule has 2 amide bonds. The van der Waals surface area contributed by atoms with Crippen molar-refractivity contribution in [3.63, 3.8) is 0 Å². The molecule has 17 heavy (non-hydrogen) atoms. The van der Waals surface area contributed by atoms with Crippen LogP contribution in [-0.2, 0) is 4.79 Å². The van der Waals surface area contributed by atoms with Gasteiger partial charge in [-0.05, 0) is 31.6 Å². The Morgan fingerprint density at radius 2 is 1.88 bits per heavy atom. The van der Waals surface area contributed by atoms with Crippen molar-refractivity contribution in [2.24, 2.45) is 5.92 Å². The van der Waals surface area contributed by atoms with Gasteiger partial charge in [0.25, 0.3) is 0 Å². The summed E-state index contributed by atoms with van der Waals surface area (Å²) in [6.07, 6.45) is 3.88. The van der Waals surface area contributed by atoms with Crippen molar-refractivity contribution in [3.05, 3.63) is 0 Å². The van der Waals surface area contributed by atoms with Crippen LogP contribution in [0.25, 0.3) is 0 Å². The van der Waals surface area contributed by atoms with E-state index in [9.17, 15) is 14.7 Å². The number of carbonyl (C=O) groups is 2. The highest BCUT2D eigenvalue weighted by Crippen LogP contribution is 2.34. The molecule has 0 spiro atoms. The number of aliphatic carboxylic acids is 1. The number of amides is 2. The van der Waals surface area contributed by atoms with Crippen molar-refractivity contribution in [1.82, 2.24) is 10.2 Å². The van der Waals surface area contributed by atoms with Crippen LogP contribution in [0, 0.1) is 5.92 Å². The topological polar surface area (TPSA) is 69.6 Å². The number of hydrogen-bond acceptors (Lipinski definition) is 2. The second kappa shape index (κ2) is 5.38. The molecule has 1 fully saturated rings. The first-order valence-electron chi connectivity index (χ1n) is 6.14. The molecular formula is C12H22N2O3. The lowest BCUT2D eigenvalue weighted by Crippen LogP contribution is -2.58. The number of nitrogens with one attached hydrogen (secondary N) is 1. The van der Waals surface area contributed by atoms with Gasteiger partial charge >= 0.3 is 12.0 Å². The van der Waals surface area contributed by atoms with Crippen LogP contribution in [0.15, 0.2) is 0 Å². The molecule has 1 saturated carbocycles. The van der Waals surface area contributed by atoms with Crippen LogP contribution >= 0.6 is 0 Å². The molecule has 0 unspecified atom stereocenters. The minimum atomic E-state index is -1.06. The summed E-state index contributed by atoms with van der Waals surface area (Å²) in [5, 5.41) is 12.0. The molecule has 0 atom stereocenters. The van der Waals surface area contributed by atoms with Gasteiger partial charge in [-0.2, -0.15) is 0 Å². The van der Waals surface area contributed by atoms with Crippen molar-refractivity contribution < 1.29 is 14.7 Å². The second-order valence-corrected chi connectivity index (χ2v) is 5.06. The summed E-state index contributed by atoms with van der Waals surface area (Å²) in [6, 6.07) is -0.331. The van der Waals surface area contributed by atoms with Crippen LogP contribution in [0.3, 0.4) is 0 Å². The molecular weight excluding hydrogens is 220 g/mol. The summed E-state index contributed by atoms with van der Waals surface area (Å²) in [6.45, 7) is 2.12. The van der Waals surface area contributed by atoms with Gasteiger partial charge in [0.1, 0.15) is 5.54 Å². The number of rotatable bonds is 3. The maximum Gasteiger partial charge on any atom is 0.329 e. The quantitative estimate of drug-likeness (QED) is 0.791. The number of nitrogens with zero attached hydrogens (tertiary/aromatic N) is 1. The minimum absolute atomic E-state index is 0.331. The molecule has 0 aromatic heterocycles. The van der Waals surface area contributed by atoms with E-state index in [1.54, 1.807) is 14.1 Å². The van der Waals surface area contributed by atoms with E-state index in [4.69, 9.17) is 0 Å². The molecule has 2 N–H and O–H groups in total. The van der Waals surface area contributed by atoms with Gasteiger partial charge < -0.3 is 15.3 Å². The van der Waals surface area contributed by atoms with Gasteiger partial charge in [-0.3, -0.25) is 0 Å². The SMILES string of the molecule is CCC1CCC(NC(=O)N(C)C)(C(=O)O)CC1. The Morgan fingerprint density at radius 3 is 2.24 bits per heavy atom. The maximum atomic E-state index is 11.6. The molecule has 0 aromatic rings. The Bertz CT molecular complexity index is 294. The van der Waals surface area contributed by atoms with Gasteiger partial charge in [0.05, 0.1) is 0 Å². The second-order valence-electron chi connectivity index (χ2n) is 5.06. The Labute approximate surface area is 102 Å². The van der Waals surface area contributed by atoms with Crippen LogP contribution in [0.5, 0.6) is 0 Å². The van der Waals surface area contributed by atoms with Crippen molar-refractivity contribution >= 4 is 12.0 Å².